The highest BCUT2D eigenvalue weighted by Gasteiger charge is 2.54. The van der Waals surface area contributed by atoms with Crippen LogP contribution >= 0.6 is 11.8 Å². The Balaban J connectivity index is 1.23. The largest absolute Gasteiger partial charge is 0.367 e. The highest BCUT2D eigenvalue weighted by molar-refractivity contribution is 7.98. The Kier molecular flexibility index (Phi) is 4.71. The lowest BCUT2D eigenvalue weighted by molar-refractivity contribution is 0.610. The van der Waals surface area contributed by atoms with E-state index in [0.29, 0.717) is 29.9 Å². The molecule has 7 nitrogen and oxygen atoms in total. The Morgan fingerprint density at radius 1 is 0.966 bits per heavy atom. The van der Waals surface area contributed by atoms with Crippen LogP contribution in [0.2, 0.25) is 0 Å². The van der Waals surface area contributed by atoms with E-state index < -0.39 is 0 Å². The summed E-state index contributed by atoms with van der Waals surface area (Å²) < 4.78 is 1.59. The predicted octanol–water partition coefficient (Wildman–Crippen LogP) is 3.05. The van der Waals surface area contributed by atoms with Gasteiger partial charge in [-0.15, -0.1) is 11.8 Å². The molecule has 0 spiro atoms. The Bertz CT molecular complexity index is 1050. The highest BCUT2D eigenvalue weighted by Crippen LogP contribution is 2.53. The number of hydrogen-bond acceptors (Lipinski definition) is 7. The van der Waals surface area contributed by atoms with Crippen LogP contribution in [0.25, 0.3) is 5.69 Å². The van der Waals surface area contributed by atoms with Crippen molar-refractivity contribution in [2.45, 2.75) is 29.8 Å². The summed E-state index contributed by atoms with van der Waals surface area (Å²) in [5, 5.41) is 7.08. The number of anilines is 2. The fourth-order valence-corrected chi connectivity index (χ4v) is 4.54. The molecule has 0 radical (unpaired) electrons. The van der Waals surface area contributed by atoms with E-state index in [2.05, 4.69) is 25.6 Å². The Morgan fingerprint density at radius 2 is 1.76 bits per heavy atom. The Morgan fingerprint density at radius 3 is 2.45 bits per heavy atom. The summed E-state index contributed by atoms with van der Waals surface area (Å²) in [6.07, 6.45) is 11.5. The smallest absolute Gasteiger partial charge is 0.255 e. The van der Waals surface area contributed by atoms with E-state index in [-0.39, 0.29) is 5.56 Å². The van der Waals surface area contributed by atoms with E-state index in [1.807, 2.05) is 36.8 Å². The van der Waals surface area contributed by atoms with Gasteiger partial charge in [0.15, 0.2) is 0 Å². The molecule has 0 aromatic carbocycles. The average Bonchev–Trinajstić information content (AvgIpc) is 3.49. The summed E-state index contributed by atoms with van der Waals surface area (Å²) in [7, 11) is 0. The van der Waals surface area contributed by atoms with Crippen LogP contribution in [0.4, 0.5) is 11.8 Å². The first-order valence-corrected chi connectivity index (χ1v) is 11.0. The van der Waals surface area contributed by atoms with Crippen molar-refractivity contribution in [1.82, 2.24) is 19.5 Å². The van der Waals surface area contributed by atoms with Crippen molar-refractivity contribution >= 4 is 23.5 Å². The summed E-state index contributed by atoms with van der Waals surface area (Å²) in [4.78, 5) is 26.4. The van der Waals surface area contributed by atoms with Crippen molar-refractivity contribution in [3.8, 4) is 5.69 Å². The molecule has 29 heavy (non-hydrogen) atoms. The Hall–Kier alpha value is -2.87. The van der Waals surface area contributed by atoms with Gasteiger partial charge in [0.25, 0.3) is 5.56 Å². The molecule has 2 aliphatic rings. The molecule has 2 saturated carbocycles. The predicted molar refractivity (Wildman–Crippen MR) is 115 cm³/mol. The van der Waals surface area contributed by atoms with Crippen LogP contribution in [0.3, 0.4) is 0 Å². The van der Waals surface area contributed by atoms with Gasteiger partial charge in [0, 0.05) is 41.6 Å². The summed E-state index contributed by atoms with van der Waals surface area (Å²) >= 11 is 1.64. The van der Waals surface area contributed by atoms with Crippen molar-refractivity contribution in [2.75, 3.05) is 16.9 Å². The second-order valence-corrected chi connectivity index (χ2v) is 8.44. The van der Waals surface area contributed by atoms with Crippen molar-refractivity contribution in [3.05, 3.63) is 65.5 Å². The minimum absolute atomic E-state index is 0.0617. The third-order valence-corrected chi connectivity index (χ3v) is 6.48. The van der Waals surface area contributed by atoms with Crippen LogP contribution in [-0.4, -0.2) is 37.9 Å². The summed E-state index contributed by atoms with van der Waals surface area (Å²) in [5.74, 6) is 2.87. The summed E-state index contributed by atoms with van der Waals surface area (Å²) in [5.41, 5.74) is 0.704. The molecule has 5 rings (SSSR count). The molecular weight excluding hydrogens is 384 g/mol. The number of thioether (sulfide) groups is 1. The van der Waals surface area contributed by atoms with Gasteiger partial charge < -0.3 is 10.6 Å². The molecule has 148 valence electrons. The van der Waals surface area contributed by atoms with Crippen LogP contribution in [0.15, 0.2) is 64.8 Å². The topological polar surface area (TPSA) is 84.7 Å². The zero-order valence-electron chi connectivity index (χ0n) is 16.0. The van der Waals surface area contributed by atoms with Gasteiger partial charge >= 0.3 is 0 Å². The van der Waals surface area contributed by atoms with Crippen molar-refractivity contribution in [2.24, 2.45) is 11.8 Å². The van der Waals surface area contributed by atoms with E-state index in [1.54, 1.807) is 40.9 Å². The molecule has 0 aliphatic heterocycles. The van der Waals surface area contributed by atoms with Gasteiger partial charge in [0.05, 0.1) is 11.9 Å². The quantitative estimate of drug-likeness (QED) is 0.609. The number of nitrogens with one attached hydrogen (secondary N) is 2. The fraction of sp³-hybridized carbons (Fsp3) is 0.333. The van der Waals surface area contributed by atoms with Crippen LogP contribution in [0, 0.1) is 11.8 Å². The summed E-state index contributed by atoms with van der Waals surface area (Å²) in [6, 6.07) is 9.76. The van der Waals surface area contributed by atoms with E-state index >= 15 is 0 Å². The molecule has 3 aromatic heterocycles. The van der Waals surface area contributed by atoms with Gasteiger partial charge in [-0.25, -0.2) is 15.0 Å². The van der Waals surface area contributed by atoms with E-state index in [9.17, 15) is 4.79 Å². The first kappa shape index (κ1) is 18.2. The second-order valence-electron chi connectivity index (χ2n) is 7.56. The maximum Gasteiger partial charge on any atom is 0.255 e. The minimum Gasteiger partial charge on any atom is -0.367 e. The summed E-state index contributed by atoms with van der Waals surface area (Å²) in [6.45, 7) is 0. The molecule has 2 N–H and O–H groups in total. The Labute approximate surface area is 173 Å². The van der Waals surface area contributed by atoms with Gasteiger partial charge in [0.1, 0.15) is 5.82 Å². The second kappa shape index (κ2) is 7.51. The third kappa shape index (κ3) is 3.72. The number of aromatic nitrogens is 4. The molecule has 2 aliphatic carbocycles. The van der Waals surface area contributed by atoms with Crippen molar-refractivity contribution in [1.29, 1.82) is 0 Å². The molecule has 2 fully saturated rings. The van der Waals surface area contributed by atoms with E-state index in [0.717, 1.165) is 22.8 Å². The maximum atomic E-state index is 12.0. The number of nitrogens with zero attached hydrogens (tertiary/aromatic N) is 4. The zero-order chi connectivity index (χ0) is 19.8. The molecule has 4 atom stereocenters. The van der Waals surface area contributed by atoms with E-state index in [4.69, 9.17) is 0 Å². The lowest BCUT2D eigenvalue weighted by Gasteiger charge is -2.19. The van der Waals surface area contributed by atoms with Gasteiger partial charge in [-0.1, -0.05) is 6.07 Å². The van der Waals surface area contributed by atoms with Crippen molar-refractivity contribution in [3.63, 3.8) is 0 Å². The normalized spacial score (nSPS) is 24.7. The van der Waals surface area contributed by atoms with E-state index in [1.165, 1.54) is 6.42 Å². The van der Waals surface area contributed by atoms with Crippen molar-refractivity contribution < 1.29 is 0 Å². The standard InChI is InChI=1S/C21H22N6OS/c1-29-14-11-23-21(24-12-14)26-18-9-17(15-8-16(15)18)25-19-6-5-13(10-22-19)27-7-3-2-4-20(27)28/h2-7,10-12,15-18H,8-9H2,1H3,(H,22,25)(H,23,24,26)/t15-,16?,17+,18+/m0/s1. The molecule has 0 amide bonds. The first-order chi connectivity index (χ1) is 14.2. The molecule has 8 heteroatoms. The van der Waals surface area contributed by atoms with Gasteiger partial charge in [-0.2, -0.15) is 0 Å². The number of fused-ring (bicyclic) bond motifs is 1. The van der Waals surface area contributed by atoms with Crippen LogP contribution in [-0.2, 0) is 0 Å². The number of pyridine rings is 2. The zero-order valence-corrected chi connectivity index (χ0v) is 16.8. The highest BCUT2D eigenvalue weighted by atomic mass is 32.2. The molecule has 1 unspecified atom stereocenters. The molecule has 0 saturated heterocycles. The molecule has 3 aromatic rings. The lowest BCUT2D eigenvalue weighted by atomic mass is 10.1. The fourth-order valence-electron chi connectivity index (χ4n) is 4.22. The molecule has 3 heterocycles. The number of rotatable bonds is 6. The lowest BCUT2D eigenvalue weighted by Crippen LogP contribution is -2.26. The third-order valence-electron chi connectivity index (χ3n) is 5.79. The average molecular weight is 407 g/mol. The monoisotopic (exact) mass is 406 g/mol. The van der Waals surface area contributed by atoms with Crippen LogP contribution in [0.1, 0.15) is 12.8 Å². The number of hydrogen-bond donors (Lipinski definition) is 2. The van der Waals surface area contributed by atoms with Crippen LogP contribution in [0.5, 0.6) is 0 Å². The SMILES string of the molecule is CSc1cnc(N[C@@H]2C[C@@H](Nc3ccc(-n4ccccc4=O)cn3)[C@H]3CC23)nc1. The van der Waals surface area contributed by atoms with Gasteiger partial charge in [0.2, 0.25) is 5.95 Å². The van der Waals surface area contributed by atoms with Gasteiger partial charge in [-0.3, -0.25) is 9.36 Å². The molecular formula is C21H22N6OS. The maximum absolute atomic E-state index is 12.0. The van der Waals surface area contributed by atoms with Crippen LogP contribution < -0.4 is 16.2 Å². The molecule has 0 bridgehead atoms. The van der Waals surface area contributed by atoms with Gasteiger partial charge in [-0.05, 0) is 49.1 Å². The minimum atomic E-state index is -0.0617. The first-order valence-electron chi connectivity index (χ1n) is 9.74.